The smallest absolute Gasteiger partial charge is 0.289 e. The molecule has 8 heteroatoms. The van der Waals surface area contributed by atoms with Gasteiger partial charge in [0.25, 0.3) is 5.91 Å². The summed E-state index contributed by atoms with van der Waals surface area (Å²) in [5.74, 6) is 1.76. The Labute approximate surface area is 178 Å². The fourth-order valence-electron chi connectivity index (χ4n) is 3.46. The number of carbonyl (C=O) groups excluding carboxylic acids is 2. The van der Waals surface area contributed by atoms with Crippen LogP contribution >= 0.6 is 11.8 Å². The van der Waals surface area contributed by atoms with Gasteiger partial charge in [0, 0.05) is 41.3 Å². The first-order chi connectivity index (χ1) is 14.6. The SMILES string of the molecule is Cc1cc(NC(=O)C2CCN(C(=O)c3occc3CSc3ccccc3)CC2)no1. The van der Waals surface area contributed by atoms with Crippen molar-refractivity contribution in [1.29, 1.82) is 0 Å². The Morgan fingerprint density at radius 3 is 2.67 bits per heavy atom. The Hall–Kier alpha value is -3.00. The first kappa shape index (κ1) is 20.3. The molecule has 0 spiro atoms. The van der Waals surface area contributed by atoms with Crippen molar-refractivity contribution >= 4 is 29.4 Å². The summed E-state index contributed by atoms with van der Waals surface area (Å²) in [5, 5.41) is 6.57. The van der Waals surface area contributed by atoms with E-state index < -0.39 is 0 Å². The van der Waals surface area contributed by atoms with E-state index in [-0.39, 0.29) is 17.7 Å². The van der Waals surface area contributed by atoms with Gasteiger partial charge in [-0.2, -0.15) is 0 Å². The monoisotopic (exact) mass is 425 g/mol. The zero-order valence-corrected chi connectivity index (χ0v) is 17.5. The molecular formula is C22H23N3O4S. The summed E-state index contributed by atoms with van der Waals surface area (Å²) in [5.41, 5.74) is 0.884. The number of amides is 2. The first-order valence-electron chi connectivity index (χ1n) is 9.88. The molecule has 4 rings (SSSR count). The summed E-state index contributed by atoms with van der Waals surface area (Å²) in [4.78, 5) is 28.3. The molecule has 2 amide bonds. The molecule has 1 saturated heterocycles. The molecule has 0 atom stereocenters. The maximum absolute atomic E-state index is 13.0. The van der Waals surface area contributed by atoms with Gasteiger partial charge >= 0.3 is 0 Å². The van der Waals surface area contributed by atoms with Gasteiger partial charge in [0.1, 0.15) is 5.76 Å². The van der Waals surface area contributed by atoms with E-state index in [1.54, 1.807) is 35.9 Å². The van der Waals surface area contributed by atoms with Crippen molar-refractivity contribution < 1.29 is 18.5 Å². The number of anilines is 1. The van der Waals surface area contributed by atoms with E-state index in [0.29, 0.717) is 49.0 Å². The Balaban J connectivity index is 1.31. The minimum absolute atomic E-state index is 0.0895. The van der Waals surface area contributed by atoms with Crippen LogP contribution in [0.3, 0.4) is 0 Å². The minimum Gasteiger partial charge on any atom is -0.459 e. The molecule has 1 N–H and O–H groups in total. The average Bonchev–Trinajstić information content (AvgIpc) is 3.41. The Morgan fingerprint density at radius 1 is 1.20 bits per heavy atom. The van der Waals surface area contributed by atoms with Crippen molar-refractivity contribution in [2.45, 2.75) is 30.4 Å². The number of aryl methyl sites for hydroxylation is 1. The van der Waals surface area contributed by atoms with Crippen LogP contribution in [-0.4, -0.2) is 35.0 Å². The second kappa shape index (κ2) is 9.21. The van der Waals surface area contributed by atoms with Crippen LogP contribution in [0.1, 0.15) is 34.7 Å². The fraction of sp³-hybridized carbons (Fsp3) is 0.318. The molecule has 30 heavy (non-hydrogen) atoms. The molecule has 1 fully saturated rings. The predicted octanol–water partition coefficient (Wildman–Crippen LogP) is 4.36. The largest absolute Gasteiger partial charge is 0.459 e. The number of hydrogen-bond donors (Lipinski definition) is 1. The van der Waals surface area contributed by atoms with Crippen LogP contribution in [-0.2, 0) is 10.5 Å². The topological polar surface area (TPSA) is 88.6 Å². The minimum atomic E-state index is -0.157. The van der Waals surface area contributed by atoms with Crippen LogP contribution < -0.4 is 5.32 Å². The van der Waals surface area contributed by atoms with Gasteiger partial charge in [0.05, 0.1) is 6.26 Å². The third kappa shape index (κ3) is 4.76. The normalized spacial score (nSPS) is 14.6. The number of nitrogens with one attached hydrogen (secondary N) is 1. The van der Waals surface area contributed by atoms with Crippen LogP contribution in [0.2, 0.25) is 0 Å². The Kier molecular flexibility index (Phi) is 6.23. The van der Waals surface area contributed by atoms with Gasteiger partial charge < -0.3 is 19.2 Å². The number of carbonyl (C=O) groups is 2. The van der Waals surface area contributed by atoms with E-state index >= 15 is 0 Å². The summed E-state index contributed by atoms with van der Waals surface area (Å²) in [6.45, 7) is 2.80. The summed E-state index contributed by atoms with van der Waals surface area (Å²) >= 11 is 1.67. The number of piperidine rings is 1. The standard InChI is InChI=1S/C22H23N3O4S/c1-15-13-19(24-29-15)23-21(26)16-7-10-25(11-8-16)22(27)20-17(9-12-28-20)14-30-18-5-3-2-4-6-18/h2-6,9,12-13,16H,7-8,10-11,14H2,1H3,(H,23,24,26). The molecule has 1 aliphatic rings. The van der Waals surface area contributed by atoms with Crippen LogP contribution in [0, 0.1) is 12.8 Å². The summed E-state index contributed by atoms with van der Waals surface area (Å²) < 4.78 is 10.5. The second-order valence-electron chi connectivity index (χ2n) is 7.26. The number of furan rings is 1. The van der Waals surface area contributed by atoms with E-state index in [1.807, 2.05) is 36.4 Å². The van der Waals surface area contributed by atoms with E-state index in [4.69, 9.17) is 8.94 Å². The molecule has 0 radical (unpaired) electrons. The van der Waals surface area contributed by atoms with Crippen molar-refractivity contribution in [3.63, 3.8) is 0 Å². The highest BCUT2D eigenvalue weighted by molar-refractivity contribution is 7.98. The maximum Gasteiger partial charge on any atom is 0.289 e. The highest BCUT2D eigenvalue weighted by Gasteiger charge is 2.30. The van der Waals surface area contributed by atoms with Crippen molar-refractivity contribution in [1.82, 2.24) is 10.1 Å². The van der Waals surface area contributed by atoms with E-state index in [1.165, 1.54) is 0 Å². The highest BCUT2D eigenvalue weighted by Crippen LogP contribution is 2.27. The first-order valence-corrected chi connectivity index (χ1v) is 10.9. The number of hydrogen-bond acceptors (Lipinski definition) is 6. The molecule has 0 unspecified atom stereocenters. The molecule has 0 saturated carbocycles. The number of nitrogens with zero attached hydrogens (tertiary/aromatic N) is 2. The maximum atomic E-state index is 13.0. The molecule has 0 aliphatic carbocycles. The third-order valence-electron chi connectivity index (χ3n) is 5.11. The summed E-state index contributed by atoms with van der Waals surface area (Å²) in [6, 6.07) is 13.6. The number of thioether (sulfide) groups is 1. The summed E-state index contributed by atoms with van der Waals surface area (Å²) in [7, 11) is 0. The second-order valence-corrected chi connectivity index (χ2v) is 8.30. The lowest BCUT2D eigenvalue weighted by Gasteiger charge is -2.30. The van der Waals surface area contributed by atoms with Crippen LogP contribution in [0.15, 0.2) is 62.6 Å². The van der Waals surface area contributed by atoms with Crippen molar-refractivity contribution in [3.8, 4) is 0 Å². The summed E-state index contributed by atoms with van der Waals surface area (Å²) in [6.07, 6.45) is 2.76. The zero-order valence-electron chi connectivity index (χ0n) is 16.7. The van der Waals surface area contributed by atoms with Crippen molar-refractivity contribution in [2.24, 2.45) is 5.92 Å². The van der Waals surface area contributed by atoms with Crippen molar-refractivity contribution in [2.75, 3.05) is 18.4 Å². The van der Waals surface area contributed by atoms with E-state index in [9.17, 15) is 9.59 Å². The Morgan fingerprint density at radius 2 is 1.97 bits per heavy atom. The number of likely N-dealkylation sites (tertiary alicyclic amines) is 1. The molecule has 1 aliphatic heterocycles. The molecule has 156 valence electrons. The van der Waals surface area contributed by atoms with Gasteiger partial charge in [-0.3, -0.25) is 9.59 Å². The van der Waals surface area contributed by atoms with Crippen molar-refractivity contribution in [3.05, 3.63) is 65.8 Å². The molecule has 3 heterocycles. The van der Waals surface area contributed by atoms with Gasteiger partial charge in [-0.25, -0.2) is 0 Å². The number of benzene rings is 1. The van der Waals surface area contributed by atoms with Gasteiger partial charge in [-0.05, 0) is 38.0 Å². The van der Waals surface area contributed by atoms with Gasteiger partial charge in [0.2, 0.25) is 5.91 Å². The van der Waals surface area contributed by atoms with Gasteiger partial charge in [0.15, 0.2) is 11.6 Å². The molecule has 0 bridgehead atoms. The van der Waals surface area contributed by atoms with Gasteiger partial charge in [-0.15, -0.1) is 11.8 Å². The molecule has 1 aromatic carbocycles. The van der Waals surface area contributed by atoms with E-state index in [0.717, 1.165) is 10.5 Å². The van der Waals surface area contributed by atoms with E-state index in [2.05, 4.69) is 10.5 Å². The predicted molar refractivity (Wildman–Crippen MR) is 113 cm³/mol. The number of aromatic nitrogens is 1. The Bertz CT molecular complexity index is 1010. The quantitative estimate of drug-likeness (QED) is 0.591. The third-order valence-corrected chi connectivity index (χ3v) is 6.17. The number of rotatable bonds is 6. The van der Waals surface area contributed by atoms with Crippen LogP contribution in [0.4, 0.5) is 5.82 Å². The molecule has 7 nitrogen and oxygen atoms in total. The molecular weight excluding hydrogens is 402 g/mol. The molecule has 3 aromatic rings. The van der Waals surface area contributed by atoms with Gasteiger partial charge in [-0.1, -0.05) is 23.4 Å². The zero-order chi connectivity index (χ0) is 20.9. The van der Waals surface area contributed by atoms with Crippen LogP contribution in [0.25, 0.3) is 0 Å². The lowest BCUT2D eigenvalue weighted by Crippen LogP contribution is -2.41. The molecule has 2 aromatic heterocycles. The lowest BCUT2D eigenvalue weighted by molar-refractivity contribution is -0.121. The van der Waals surface area contributed by atoms with Crippen LogP contribution in [0.5, 0.6) is 0 Å². The lowest BCUT2D eigenvalue weighted by atomic mass is 9.95. The fourth-order valence-corrected chi connectivity index (χ4v) is 4.36. The average molecular weight is 426 g/mol. The highest BCUT2D eigenvalue weighted by atomic mass is 32.2.